The number of hydrogen-bond donors (Lipinski definition) is 5. The topological polar surface area (TPSA) is 128 Å². The smallest absolute Gasteiger partial charge is 0.328 e. The minimum atomic E-state index is -1.37. The molecule has 0 aliphatic heterocycles. The Bertz CT molecular complexity index is 316. The van der Waals surface area contributed by atoms with Gasteiger partial charge in [-0.2, -0.15) is 0 Å². The molecule has 0 radical (unpaired) electrons. The summed E-state index contributed by atoms with van der Waals surface area (Å²) in [5.74, 6) is -1.66. The van der Waals surface area contributed by atoms with Gasteiger partial charge in [-0.25, -0.2) is 9.59 Å². The van der Waals surface area contributed by atoms with Crippen molar-refractivity contribution >= 4 is 17.9 Å². The van der Waals surface area contributed by atoms with Crippen molar-refractivity contribution < 1.29 is 24.6 Å². The summed E-state index contributed by atoms with van der Waals surface area (Å²) in [6.45, 7) is -0.933. The molecule has 1 saturated carbocycles. The molecule has 96 valence electrons. The number of carboxylic acid groups (broad SMARTS) is 1. The number of amides is 3. The van der Waals surface area contributed by atoms with Gasteiger partial charge in [-0.05, 0) is 12.8 Å². The third-order valence-corrected chi connectivity index (χ3v) is 2.14. The van der Waals surface area contributed by atoms with E-state index in [9.17, 15) is 14.4 Å². The van der Waals surface area contributed by atoms with Crippen LogP contribution >= 0.6 is 0 Å². The summed E-state index contributed by atoms with van der Waals surface area (Å²) in [5, 5.41) is 24.1. The highest BCUT2D eigenvalue weighted by atomic mass is 16.4. The van der Waals surface area contributed by atoms with Crippen LogP contribution in [0.2, 0.25) is 0 Å². The van der Waals surface area contributed by atoms with Crippen molar-refractivity contribution in [2.45, 2.75) is 24.9 Å². The third-order valence-electron chi connectivity index (χ3n) is 2.14. The van der Waals surface area contributed by atoms with Crippen molar-refractivity contribution in [3.63, 3.8) is 0 Å². The van der Waals surface area contributed by atoms with E-state index in [1.54, 1.807) is 0 Å². The Kier molecular flexibility index (Phi) is 4.70. The van der Waals surface area contributed by atoms with Gasteiger partial charge in [0.15, 0.2) is 6.04 Å². The highest BCUT2D eigenvalue weighted by molar-refractivity contribution is 5.86. The Labute approximate surface area is 97.4 Å². The van der Waals surface area contributed by atoms with Crippen molar-refractivity contribution in [1.82, 2.24) is 16.0 Å². The van der Waals surface area contributed by atoms with Crippen LogP contribution in [0.3, 0.4) is 0 Å². The van der Waals surface area contributed by atoms with Gasteiger partial charge in [-0.15, -0.1) is 0 Å². The first kappa shape index (κ1) is 13.2. The number of carboxylic acids is 1. The third kappa shape index (κ3) is 5.16. The van der Waals surface area contributed by atoms with E-state index in [-0.39, 0.29) is 18.5 Å². The summed E-state index contributed by atoms with van der Waals surface area (Å²) in [4.78, 5) is 32.8. The van der Waals surface area contributed by atoms with Crippen LogP contribution in [0, 0.1) is 0 Å². The van der Waals surface area contributed by atoms with Gasteiger partial charge in [0.05, 0.1) is 13.2 Å². The quantitative estimate of drug-likeness (QED) is 0.370. The molecule has 0 aromatic carbocycles. The first-order valence-corrected chi connectivity index (χ1v) is 5.20. The van der Waals surface area contributed by atoms with Gasteiger partial charge in [0.1, 0.15) is 0 Å². The maximum Gasteiger partial charge on any atom is 0.328 e. The van der Waals surface area contributed by atoms with E-state index in [1.807, 2.05) is 5.32 Å². The van der Waals surface area contributed by atoms with Crippen LogP contribution in [0.5, 0.6) is 0 Å². The molecule has 8 nitrogen and oxygen atoms in total. The molecule has 0 aromatic heterocycles. The summed E-state index contributed by atoms with van der Waals surface area (Å²) in [6.07, 6.45) is 1.90. The van der Waals surface area contributed by atoms with E-state index < -0.39 is 24.6 Å². The maximum absolute atomic E-state index is 11.2. The molecule has 0 unspecified atom stereocenters. The SMILES string of the molecule is O=C(CNC(=O)N[C@@H](CO)C(=O)O)NC1CC1. The summed E-state index contributed by atoms with van der Waals surface area (Å²) in [6, 6.07) is -1.98. The zero-order valence-electron chi connectivity index (χ0n) is 9.10. The summed E-state index contributed by atoms with van der Waals surface area (Å²) < 4.78 is 0. The van der Waals surface area contributed by atoms with Crippen LogP contribution in [0.15, 0.2) is 0 Å². The molecule has 0 heterocycles. The fourth-order valence-corrected chi connectivity index (χ4v) is 1.06. The molecule has 0 bridgehead atoms. The van der Waals surface area contributed by atoms with Gasteiger partial charge < -0.3 is 26.2 Å². The zero-order valence-corrected chi connectivity index (χ0v) is 9.10. The molecule has 1 atom stereocenters. The number of rotatable bonds is 6. The van der Waals surface area contributed by atoms with Gasteiger partial charge in [0, 0.05) is 6.04 Å². The van der Waals surface area contributed by atoms with Crippen LogP contribution in [0.4, 0.5) is 4.79 Å². The number of nitrogens with one attached hydrogen (secondary N) is 3. The normalized spacial score (nSPS) is 15.8. The van der Waals surface area contributed by atoms with Crippen LogP contribution < -0.4 is 16.0 Å². The molecule has 1 aliphatic carbocycles. The summed E-state index contributed by atoms with van der Waals surface area (Å²) in [5.41, 5.74) is 0. The largest absolute Gasteiger partial charge is 0.480 e. The first-order valence-electron chi connectivity index (χ1n) is 5.20. The Balaban J connectivity index is 2.19. The summed E-state index contributed by atoms with van der Waals surface area (Å²) in [7, 11) is 0. The molecule has 0 saturated heterocycles. The molecule has 0 aromatic rings. The number of aliphatic hydroxyl groups excluding tert-OH is 1. The Morgan fingerprint density at radius 3 is 2.41 bits per heavy atom. The van der Waals surface area contributed by atoms with Gasteiger partial charge in [0.25, 0.3) is 0 Å². The first-order chi connectivity index (χ1) is 8.02. The van der Waals surface area contributed by atoms with E-state index in [2.05, 4.69) is 10.6 Å². The number of carbonyl (C=O) groups is 3. The molecular formula is C9H15N3O5. The predicted molar refractivity (Wildman–Crippen MR) is 56.2 cm³/mol. The second-order valence-corrected chi connectivity index (χ2v) is 3.74. The van der Waals surface area contributed by atoms with Gasteiger partial charge in [0.2, 0.25) is 5.91 Å². The van der Waals surface area contributed by atoms with Crippen molar-refractivity contribution in [2.24, 2.45) is 0 Å². The van der Waals surface area contributed by atoms with Crippen LogP contribution in [-0.4, -0.2) is 53.4 Å². The average molecular weight is 245 g/mol. The van der Waals surface area contributed by atoms with Crippen LogP contribution in [0.25, 0.3) is 0 Å². The van der Waals surface area contributed by atoms with Crippen LogP contribution in [0.1, 0.15) is 12.8 Å². The van der Waals surface area contributed by atoms with E-state index >= 15 is 0 Å². The van der Waals surface area contributed by atoms with Crippen molar-refractivity contribution in [3.05, 3.63) is 0 Å². The molecule has 0 spiro atoms. The van der Waals surface area contributed by atoms with E-state index in [0.717, 1.165) is 12.8 Å². The molecular weight excluding hydrogens is 230 g/mol. The van der Waals surface area contributed by atoms with Gasteiger partial charge in [-0.1, -0.05) is 0 Å². The van der Waals surface area contributed by atoms with Crippen molar-refractivity contribution in [2.75, 3.05) is 13.2 Å². The monoisotopic (exact) mass is 245 g/mol. The predicted octanol–water partition coefficient (Wildman–Crippen LogP) is -1.99. The molecule has 3 amide bonds. The minimum absolute atomic E-state index is 0.205. The second kappa shape index (κ2) is 6.04. The standard InChI is InChI=1S/C9H15N3O5/c13-4-6(8(15)16)12-9(17)10-3-7(14)11-5-1-2-5/h5-6,13H,1-4H2,(H,11,14)(H,15,16)(H2,10,12,17)/t6-/m0/s1. The number of urea groups is 1. The molecule has 17 heavy (non-hydrogen) atoms. The fourth-order valence-electron chi connectivity index (χ4n) is 1.06. The van der Waals surface area contributed by atoms with Crippen LogP contribution in [-0.2, 0) is 9.59 Å². The lowest BCUT2D eigenvalue weighted by molar-refractivity contribution is -0.140. The van der Waals surface area contributed by atoms with Gasteiger partial charge >= 0.3 is 12.0 Å². The van der Waals surface area contributed by atoms with E-state index in [1.165, 1.54) is 0 Å². The Morgan fingerprint density at radius 1 is 1.29 bits per heavy atom. The minimum Gasteiger partial charge on any atom is -0.480 e. The second-order valence-electron chi connectivity index (χ2n) is 3.74. The Morgan fingerprint density at radius 2 is 1.94 bits per heavy atom. The molecule has 1 aliphatic rings. The number of aliphatic hydroxyl groups is 1. The van der Waals surface area contributed by atoms with E-state index in [0.29, 0.717) is 0 Å². The highest BCUT2D eigenvalue weighted by Crippen LogP contribution is 2.18. The van der Waals surface area contributed by atoms with Gasteiger partial charge in [-0.3, -0.25) is 4.79 Å². The maximum atomic E-state index is 11.2. The molecule has 1 rings (SSSR count). The highest BCUT2D eigenvalue weighted by Gasteiger charge is 2.23. The number of aliphatic carboxylic acids is 1. The summed E-state index contributed by atoms with van der Waals surface area (Å²) >= 11 is 0. The fraction of sp³-hybridized carbons (Fsp3) is 0.667. The zero-order chi connectivity index (χ0) is 12.8. The average Bonchev–Trinajstić information content (AvgIpc) is 3.06. The van der Waals surface area contributed by atoms with Crippen molar-refractivity contribution in [1.29, 1.82) is 0 Å². The lowest BCUT2D eigenvalue weighted by Gasteiger charge is -2.12. The molecule has 5 N–H and O–H groups in total. The lowest BCUT2D eigenvalue weighted by atomic mass is 10.3. The Hall–Kier alpha value is -1.83. The molecule has 1 fully saturated rings. The lowest BCUT2D eigenvalue weighted by Crippen LogP contribution is -2.50. The number of hydrogen-bond acceptors (Lipinski definition) is 4. The molecule has 8 heteroatoms. The van der Waals surface area contributed by atoms with Crippen molar-refractivity contribution in [3.8, 4) is 0 Å². The van der Waals surface area contributed by atoms with E-state index in [4.69, 9.17) is 10.2 Å². The number of carbonyl (C=O) groups excluding carboxylic acids is 2.